The van der Waals surface area contributed by atoms with Crippen LogP contribution in [0.25, 0.3) is 21.0 Å². The topological polar surface area (TPSA) is 22.1 Å². The van der Waals surface area contributed by atoms with Gasteiger partial charge in [-0.1, -0.05) is 47.8 Å². The summed E-state index contributed by atoms with van der Waals surface area (Å²) in [6, 6.07) is 16.5. The number of nitrogens with zero attached hydrogens (tertiary/aromatic N) is 1. The number of thiazole rings is 1. The summed E-state index contributed by atoms with van der Waals surface area (Å²) in [6.45, 7) is 2.99. The lowest BCUT2D eigenvalue weighted by atomic mass is 10.2. The zero-order valence-electron chi connectivity index (χ0n) is 13.7. The highest BCUT2D eigenvalue weighted by Crippen LogP contribution is 2.33. The van der Waals surface area contributed by atoms with Gasteiger partial charge < -0.3 is 4.74 Å². The third-order valence-electron chi connectivity index (χ3n) is 3.75. The van der Waals surface area contributed by atoms with Crippen LogP contribution < -0.4 is 4.74 Å². The molecule has 0 spiro atoms. The largest absolute Gasteiger partial charge is 0.494 e. The molecule has 0 aliphatic carbocycles. The van der Waals surface area contributed by atoms with Gasteiger partial charge in [-0.15, -0.1) is 11.3 Å². The third-order valence-corrected chi connectivity index (χ3v) is 5.38. The molecule has 124 valence electrons. The molecule has 3 rings (SSSR count). The number of hydrogen-bond acceptors (Lipinski definition) is 3. The molecule has 3 aromatic rings. The van der Waals surface area contributed by atoms with Gasteiger partial charge in [0.15, 0.2) is 0 Å². The van der Waals surface area contributed by atoms with Gasteiger partial charge in [-0.2, -0.15) is 0 Å². The van der Waals surface area contributed by atoms with E-state index in [0.29, 0.717) is 0 Å². The van der Waals surface area contributed by atoms with Gasteiger partial charge in [0.05, 0.1) is 11.5 Å². The van der Waals surface area contributed by atoms with Gasteiger partial charge >= 0.3 is 0 Å². The molecule has 0 saturated heterocycles. The molecule has 0 saturated carbocycles. The molecule has 0 radical (unpaired) electrons. The van der Waals surface area contributed by atoms with Crippen LogP contribution in [-0.2, 0) is 0 Å². The van der Waals surface area contributed by atoms with Gasteiger partial charge in [0.1, 0.15) is 10.8 Å². The highest BCUT2D eigenvalue weighted by molar-refractivity contribution is 9.10. The van der Waals surface area contributed by atoms with Crippen molar-refractivity contribution >= 4 is 27.3 Å². The molecule has 2 nitrogen and oxygen atoms in total. The average Bonchev–Trinajstić information content (AvgIpc) is 3.10. The van der Waals surface area contributed by atoms with Crippen molar-refractivity contribution in [3.63, 3.8) is 0 Å². The van der Waals surface area contributed by atoms with Crippen LogP contribution in [0.2, 0.25) is 0 Å². The summed E-state index contributed by atoms with van der Waals surface area (Å²) in [5.41, 5.74) is 2.32. The number of rotatable bonds is 7. The van der Waals surface area contributed by atoms with Crippen molar-refractivity contribution in [3.05, 3.63) is 59.2 Å². The van der Waals surface area contributed by atoms with Gasteiger partial charge in [0, 0.05) is 16.2 Å². The Labute approximate surface area is 155 Å². The van der Waals surface area contributed by atoms with Gasteiger partial charge in [-0.05, 0) is 48.4 Å². The molecule has 0 unspecified atom stereocenters. The molecule has 24 heavy (non-hydrogen) atoms. The predicted molar refractivity (Wildman–Crippen MR) is 106 cm³/mol. The molecule has 0 N–H and O–H groups in total. The van der Waals surface area contributed by atoms with E-state index >= 15 is 0 Å². The first-order valence-corrected chi connectivity index (χ1v) is 9.82. The summed E-state index contributed by atoms with van der Waals surface area (Å²) < 4.78 is 6.85. The molecule has 0 fully saturated rings. The molecule has 4 heteroatoms. The van der Waals surface area contributed by atoms with Gasteiger partial charge in [-0.25, -0.2) is 4.98 Å². The highest BCUT2D eigenvalue weighted by Gasteiger charge is 2.07. The predicted octanol–water partition coefficient (Wildman–Crippen LogP) is 6.81. The molecule has 1 heterocycles. The molecule has 0 atom stereocenters. The van der Waals surface area contributed by atoms with Crippen LogP contribution in [0.1, 0.15) is 26.2 Å². The first kappa shape index (κ1) is 17.2. The number of benzene rings is 2. The van der Waals surface area contributed by atoms with Gasteiger partial charge in [0.25, 0.3) is 0 Å². The lowest BCUT2D eigenvalue weighted by Gasteiger charge is -2.06. The maximum absolute atomic E-state index is 5.76. The van der Waals surface area contributed by atoms with E-state index < -0.39 is 0 Å². The van der Waals surface area contributed by atoms with Crippen LogP contribution in [0.5, 0.6) is 5.75 Å². The lowest BCUT2D eigenvalue weighted by Crippen LogP contribution is -1.96. The van der Waals surface area contributed by atoms with Crippen LogP contribution in [0.4, 0.5) is 0 Å². The van der Waals surface area contributed by atoms with Crippen LogP contribution >= 0.6 is 27.3 Å². The second kappa shape index (κ2) is 8.45. The van der Waals surface area contributed by atoms with E-state index in [4.69, 9.17) is 4.74 Å². The van der Waals surface area contributed by atoms with Crippen LogP contribution in [0.15, 0.2) is 59.2 Å². The number of unbranched alkanes of at least 4 members (excludes halogenated alkanes) is 2. The molecular weight excluding hydrogens is 382 g/mol. The van der Waals surface area contributed by atoms with Crippen molar-refractivity contribution < 1.29 is 4.74 Å². The highest BCUT2D eigenvalue weighted by atomic mass is 79.9. The van der Waals surface area contributed by atoms with Crippen molar-refractivity contribution in [1.29, 1.82) is 0 Å². The Hall–Kier alpha value is -1.65. The molecule has 0 aliphatic rings. The van der Waals surface area contributed by atoms with Crippen molar-refractivity contribution in [1.82, 2.24) is 4.98 Å². The minimum absolute atomic E-state index is 0.790. The SMILES string of the molecule is CCCCCOc1ccc(-c2ncc(-c3ccc(Br)cc3)s2)cc1. The minimum atomic E-state index is 0.790. The van der Waals surface area contributed by atoms with E-state index in [9.17, 15) is 0 Å². The zero-order chi connectivity index (χ0) is 16.8. The monoisotopic (exact) mass is 401 g/mol. The average molecular weight is 402 g/mol. The fraction of sp³-hybridized carbons (Fsp3) is 0.250. The third kappa shape index (κ3) is 4.46. The van der Waals surface area contributed by atoms with Crippen LogP contribution in [0, 0.1) is 0 Å². The minimum Gasteiger partial charge on any atom is -0.494 e. The van der Waals surface area contributed by atoms with Gasteiger partial charge in [0.2, 0.25) is 0 Å². The Morgan fingerprint density at radius 1 is 0.958 bits per heavy atom. The van der Waals surface area contributed by atoms with Crippen molar-refractivity contribution in [2.24, 2.45) is 0 Å². The van der Waals surface area contributed by atoms with E-state index in [2.05, 4.69) is 64.2 Å². The molecular formula is C20H20BrNOS. The summed E-state index contributed by atoms with van der Waals surface area (Å²) in [5, 5.41) is 1.03. The summed E-state index contributed by atoms with van der Waals surface area (Å²) >= 11 is 5.18. The Morgan fingerprint density at radius 2 is 1.67 bits per heavy atom. The Morgan fingerprint density at radius 3 is 2.38 bits per heavy atom. The molecule has 2 aromatic carbocycles. The lowest BCUT2D eigenvalue weighted by molar-refractivity contribution is 0.306. The first-order valence-electron chi connectivity index (χ1n) is 8.21. The van der Waals surface area contributed by atoms with Crippen molar-refractivity contribution in [2.75, 3.05) is 6.61 Å². The quantitative estimate of drug-likeness (QED) is 0.405. The van der Waals surface area contributed by atoms with Crippen LogP contribution in [-0.4, -0.2) is 11.6 Å². The number of halogens is 1. The second-order valence-corrected chi connectivity index (χ2v) is 7.56. The smallest absolute Gasteiger partial charge is 0.123 e. The summed E-state index contributed by atoms with van der Waals surface area (Å²) in [6.07, 6.45) is 5.49. The standard InChI is InChI=1S/C20H20BrNOS/c1-2-3-4-13-23-18-11-7-16(8-12-18)20-22-14-19(24-20)15-5-9-17(21)10-6-15/h5-12,14H,2-4,13H2,1H3. The van der Waals surface area contributed by atoms with Crippen LogP contribution in [0.3, 0.4) is 0 Å². The van der Waals surface area contributed by atoms with E-state index in [-0.39, 0.29) is 0 Å². The molecule has 0 amide bonds. The normalized spacial score (nSPS) is 10.8. The van der Waals surface area contributed by atoms with Gasteiger partial charge in [-0.3, -0.25) is 0 Å². The number of aromatic nitrogens is 1. The summed E-state index contributed by atoms with van der Waals surface area (Å²) in [4.78, 5) is 5.75. The zero-order valence-corrected chi connectivity index (χ0v) is 16.1. The summed E-state index contributed by atoms with van der Waals surface area (Å²) in [7, 11) is 0. The Balaban J connectivity index is 1.67. The maximum Gasteiger partial charge on any atom is 0.123 e. The molecule has 1 aromatic heterocycles. The number of hydrogen-bond donors (Lipinski definition) is 0. The Kier molecular flexibility index (Phi) is 6.05. The van der Waals surface area contributed by atoms with Crippen molar-refractivity contribution in [2.45, 2.75) is 26.2 Å². The fourth-order valence-corrected chi connectivity index (χ4v) is 3.58. The second-order valence-electron chi connectivity index (χ2n) is 5.62. The molecule has 0 aliphatic heterocycles. The maximum atomic E-state index is 5.76. The molecule has 0 bridgehead atoms. The van der Waals surface area contributed by atoms with E-state index in [1.807, 2.05) is 18.3 Å². The van der Waals surface area contributed by atoms with E-state index in [1.54, 1.807) is 11.3 Å². The number of ether oxygens (including phenoxy) is 1. The van der Waals surface area contributed by atoms with E-state index in [1.165, 1.54) is 23.3 Å². The Bertz CT molecular complexity index is 765. The summed E-state index contributed by atoms with van der Waals surface area (Å²) in [5.74, 6) is 0.930. The fourth-order valence-electron chi connectivity index (χ4n) is 2.39. The first-order chi connectivity index (χ1) is 11.8. The van der Waals surface area contributed by atoms with Crippen molar-refractivity contribution in [3.8, 4) is 26.8 Å². The van der Waals surface area contributed by atoms with E-state index in [0.717, 1.165) is 33.8 Å².